The third-order valence-corrected chi connectivity index (χ3v) is 2.62. The maximum atomic E-state index is 10.6. The molecule has 0 radical (unpaired) electrons. The number of hydrogen-bond acceptors (Lipinski definition) is 5. The maximum Gasteiger partial charge on any atom is 0.172 e. The first-order valence-corrected chi connectivity index (χ1v) is 5.43. The van der Waals surface area contributed by atoms with Crippen LogP contribution in [0, 0.1) is 0 Å². The standard InChI is InChI=1S/C12H15N3O2/c1-15-11(7-16)13-14-12(15)9-17-8-10-5-3-2-4-6-10/h2-7,11,13H,8-9H2,1H3. The van der Waals surface area contributed by atoms with Crippen molar-refractivity contribution in [1.82, 2.24) is 10.3 Å². The molecule has 90 valence electrons. The molecule has 5 nitrogen and oxygen atoms in total. The predicted molar refractivity (Wildman–Crippen MR) is 64.3 cm³/mol. The summed E-state index contributed by atoms with van der Waals surface area (Å²) in [4.78, 5) is 12.4. The number of amidine groups is 1. The molecule has 0 spiro atoms. The Morgan fingerprint density at radius 3 is 2.82 bits per heavy atom. The zero-order chi connectivity index (χ0) is 12.1. The van der Waals surface area contributed by atoms with Crippen LogP contribution in [-0.2, 0) is 16.1 Å². The van der Waals surface area contributed by atoms with Crippen molar-refractivity contribution in [3.8, 4) is 0 Å². The average molecular weight is 233 g/mol. The Morgan fingerprint density at radius 1 is 1.41 bits per heavy atom. The van der Waals surface area contributed by atoms with Gasteiger partial charge < -0.3 is 9.64 Å². The van der Waals surface area contributed by atoms with E-state index in [0.29, 0.717) is 13.2 Å². The molecule has 1 aliphatic rings. The van der Waals surface area contributed by atoms with Crippen molar-refractivity contribution in [2.24, 2.45) is 5.10 Å². The van der Waals surface area contributed by atoms with Crippen molar-refractivity contribution < 1.29 is 9.53 Å². The van der Waals surface area contributed by atoms with E-state index in [1.165, 1.54) is 0 Å². The van der Waals surface area contributed by atoms with Crippen LogP contribution in [0.2, 0.25) is 0 Å². The molecule has 0 aliphatic carbocycles. The fourth-order valence-corrected chi connectivity index (χ4v) is 1.56. The summed E-state index contributed by atoms with van der Waals surface area (Å²) in [6.45, 7) is 0.933. The lowest BCUT2D eigenvalue weighted by molar-refractivity contribution is -0.111. The second-order valence-corrected chi connectivity index (χ2v) is 3.83. The van der Waals surface area contributed by atoms with Gasteiger partial charge in [-0.2, -0.15) is 5.10 Å². The van der Waals surface area contributed by atoms with E-state index in [0.717, 1.165) is 17.7 Å². The average Bonchev–Trinajstić information content (AvgIpc) is 2.72. The summed E-state index contributed by atoms with van der Waals surface area (Å²) in [7, 11) is 1.81. The Bertz CT molecular complexity index is 405. The van der Waals surface area contributed by atoms with Crippen LogP contribution in [0.15, 0.2) is 35.4 Å². The number of nitrogens with one attached hydrogen (secondary N) is 1. The molecule has 0 aromatic heterocycles. The Kier molecular flexibility index (Phi) is 3.72. The van der Waals surface area contributed by atoms with E-state index in [1.54, 1.807) is 4.90 Å². The monoisotopic (exact) mass is 233 g/mol. The first-order valence-electron chi connectivity index (χ1n) is 5.43. The van der Waals surface area contributed by atoms with Crippen molar-refractivity contribution in [1.29, 1.82) is 0 Å². The summed E-state index contributed by atoms with van der Waals surface area (Å²) in [5.41, 5.74) is 3.84. The van der Waals surface area contributed by atoms with E-state index in [1.807, 2.05) is 37.4 Å². The fourth-order valence-electron chi connectivity index (χ4n) is 1.56. The molecule has 1 aromatic carbocycles. The van der Waals surface area contributed by atoms with Crippen LogP contribution in [0.1, 0.15) is 5.56 Å². The Morgan fingerprint density at radius 2 is 2.18 bits per heavy atom. The number of carbonyl (C=O) groups is 1. The van der Waals surface area contributed by atoms with Gasteiger partial charge in [-0.15, -0.1) is 0 Å². The molecular formula is C12H15N3O2. The van der Waals surface area contributed by atoms with E-state index < -0.39 is 0 Å². The number of nitrogens with zero attached hydrogens (tertiary/aromatic N) is 2. The van der Waals surface area contributed by atoms with E-state index in [-0.39, 0.29) is 6.17 Å². The summed E-state index contributed by atoms with van der Waals surface area (Å²) in [5.74, 6) is 0.734. The molecule has 0 fully saturated rings. The highest BCUT2D eigenvalue weighted by Gasteiger charge is 2.22. The molecule has 1 atom stereocenters. The van der Waals surface area contributed by atoms with Gasteiger partial charge in [0.15, 0.2) is 18.3 Å². The van der Waals surface area contributed by atoms with Gasteiger partial charge in [-0.05, 0) is 5.56 Å². The van der Waals surface area contributed by atoms with E-state index >= 15 is 0 Å². The highest BCUT2D eigenvalue weighted by molar-refractivity contribution is 5.87. The van der Waals surface area contributed by atoms with Crippen molar-refractivity contribution in [2.45, 2.75) is 12.8 Å². The van der Waals surface area contributed by atoms with E-state index in [9.17, 15) is 4.79 Å². The SMILES string of the molecule is CN1C(COCc2ccccc2)=NNC1C=O. The maximum absolute atomic E-state index is 10.6. The smallest absolute Gasteiger partial charge is 0.172 e. The summed E-state index contributed by atoms with van der Waals surface area (Å²) < 4.78 is 5.54. The molecule has 1 heterocycles. The van der Waals surface area contributed by atoms with Crippen molar-refractivity contribution >= 4 is 12.1 Å². The van der Waals surface area contributed by atoms with Gasteiger partial charge in [0.25, 0.3) is 0 Å². The predicted octanol–water partition coefficient (Wildman–Crippen LogP) is 0.577. The van der Waals surface area contributed by atoms with Crippen LogP contribution in [0.5, 0.6) is 0 Å². The summed E-state index contributed by atoms with van der Waals surface area (Å²) in [6, 6.07) is 9.93. The molecule has 5 heteroatoms. The van der Waals surface area contributed by atoms with Crippen LogP contribution in [-0.4, -0.2) is 36.8 Å². The van der Waals surface area contributed by atoms with Crippen LogP contribution in [0.4, 0.5) is 0 Å². The Labute approximate surface area is 100 Å². The van der Waals surface area contributed by atoms with Gasteiger partial charge in [-0.25, -0.2) is 0 Å². The third-order valence-electron chi connectivity index (χ3n) is 2.62. The molecular weight excluding hydrogens is 218 g/mol. The topological polar surface area (TPSA) is 53.9 Å². The van der Waals surface area contributed by atoms with Gasteiger partial charge in [-0.1, -0.05) is 30.3 Å². The fraction of sp³-hybridized carbons (Fsp3) is 0.333. The summed E-state index contributed by atoms with van der Waals surface area (Å²) in [6.07, 6.45) is 0.443. The summed E-state index contributed by atoms with van der Waals surface area (Å²) >= 11 is 0. The summed E-state index contributed by atoms with van der Waals surface area (Å²) in [5, 5.41) is 4.04. The number of hydrogen-bond donors (Lipinski definition) is 1. The number of likely N-dealkylation sites (N-methyl/N-ethyl adjacent to an activating group) is 1. The molecule has 17 heavy (non-hydrogen) atoms. The van der Waals surface area contributed by atoms with Crippen molar-refractivity contribution in [3.63, 3.8) is 0 Å². The van der Waals surface area contributed by atoms with Crippen molar-refractivity contribution in [2.75, 3.05) is 13.7 Å². The zero-order valence-corrected chi connectivity index (χ0v) is 9.67. The zero-order valence-electron chi connectivity index (χ0n) is 9.67. The Hall–Kier alpha value is -1.88. The molecule has 1 N–H and O–H groups in total. The third kappa shape index (κ3) is 2.82. The van der Waals surface area contributed by atoms with Gasteiger partial charge in [0, 0.05) is 7.05 Å². The van der Waals surface area contributed by atoms with Crippen LogP contribution in [0.25, 0.3) is 0 Å². The molecule has 2 rings (SSSR count). The molecule has 0 saturated carbocycles. The molecule has 1 aromatic rings. The van der Waals surface area contributed by atoms with Gasteiger partial charge in [0.1, 0.15) is 6.61 Å². The highest BCUT2D eigenvalue weighted by atomic mass is 16.5. The number of ether oxygens (including phenoxy) is 1. The first kappa shape index (κ1) is 11.6. The van der Waals surface area contributed by atoms with E-state index in [2.05, 4.69) is 10.5 Å². The van der Waals surface area contributed by atoms with Crippen LogP contribution in [0.3, 0.4) is 0 Å². The normalized spacial score (nSPS) is 18.8. The lowest BCUT2D eigenvalue weighted by Gasteiger charge is -2.17. The number of aldehydes is 1. The molecule has 1 unspecified atom stereocenters. The minimum atomic E-state index is -0.370. The highest BCUT2D eigenvalue weighted by Crippen LogP contribution is 2.04. The van der Waals surface area contributed by atoms with Gasteiger partial charge in [-0.3, -0.25) is 10.2 Å². The number of carbonyl (C=O) groups excluding carboxylic acids is 1. The lowest BCUT2D eigenvalue weighted by Crippen LogP contribution is -2.39. The minimum Gasteiger partial charge on any atom is -0.369 e. The van der Waals surface area contributed by atoms with Crippen LogP contribution >= 0.6 is 0 Å². The van der Waals surface area contributed by atoms with Crippen molar-refractivity contribution in [3.05, 3.63) is 35.9 Å². The quantitative estimate of drug-likeness (QED) is 0.756. The largest absolute Gasteiger partial charge is 0.369 e. The molecule has 0 saturated heterocycles. The molecule has 1 aliphatic heterocycles. The first-order chi connectivity index (χ1) is 8.31. The lowest BCUT2D eigenvalue weighted by atomic mass is 10.2. The molecule has 0 bridgehead atoms. The minimum absolute atomic E-state index is 0.370. The van der Waals surface area contributed by atoms with Gasteiger partial charge in [0.05, 0.1) is 6.61 Å². The number of rotatable bonds is 5. The van der Waals surface area contributed by atoms with Gasteiger partial charge in [0.2, 0.25) is 0 Å². The van der Waals surface area contributed by atoms with E-state index in [4.69, 9.17) is 4.74 Å². The van der Waals surface area contributed by atoms with Crippen LogP contribution < -0.4 is 5.43 Å². The molecule has 0 amide bonds. The number of benzene rings is 1. The second kappa shape index (κ2) is 5.45. The van der Waals surface area contributed by atoms with Gasteiger partial charge >= 0.3 is 0 Å². The second-order valence-electron chi connectivity index (χ2n) is 3.83. The number of hydrazone groups is 1. The Balaban J connectivity index is 1.78.